The number of hydrogen-bond donors (Lipinski definition) is 1. The zero-order valence-corrected chi connectivity index (χ0v) is 15.8. The van der Waals surface area contributed by atoms with E-state index in [1.807, 2.05) is 22.9 Å². The van der Waals surface area contributed by atoms with Crippen LogP contribution in [0.15, 0.2) is 60.8 Å². The van der Waals surface area contributed by atoms with Crippen LogP contribution in [0, 0.1) is 0 Å². The monoisotopic (exact) mass is 377 g/mol. The van der Waals surface area contributed by atoms with Gasteiger partial charge in [0.25, 0.3) is 5.91 Å². The smallest absolute Gasteiger partial charge is 0.251 e. The molecule has 6 nitrogen and oxygen atoms in total. The van der Waals surface area contributed by atoms with Gasteiger partial charge in [0.2, 0.25) is 0 Å². The van der Waals surface area contributed by atoms with Crippen molar-refractivity contribution in [1.29, 1.82) is 0 Å². The SMILES string of the molecule is COc1ccc(C(=O)NC[C@H]2OCCc3cn(Cc4ccccc4)nc32)cc1. The Morgan fingerprint density at radius 2 is 2.00 bits per heavy atom. The van der Waals surface area contributed by atoms with E-state index in [4.69, 9.17) is 14.6 Å². The molecule has 0 spiro atoms. The maximum atomic E-state index is 12.4. The number of benzene rings is 2. The summed E-state index contributed by atoms with van der Waals surface area (Å²) in [6, 6.07) is 17.3. The second kappa shape index (κ2) is 8.27. The number of amides is 1. The predicted octanol–water partition coefficient (Wildman–Crippen LogP) is 2.98. The molecule has 2 aromatic carbocycles. The maximum absolute atomic E-state index is 12.4. The predicted molar refractivity (Wildman–Crippen MR) is 105 cm³/mol. The number of carbonyl (C=O) groups excluding carboxylic acids is 1. The molecule has 28 heavy (non-hydrogen) atoms. The summed E-state index contributed by atoms with van der Waals surface area (Å²) in [4.78, 5) is 12.4. The fraction of sp³-hybridized carbons (Fsp3) is 0.273. The highest BCUT2D eigenvalue weighted by atomic mass is 16.5. The fourth-order valence-corrected chi connectivity index (χ4v) is 3.37. The lowest BCUT2D eigenvalue weighted by molar-refractivity contribution is 0.0383. The summed E-state index contributed by atoms with van der Waals surface area (Å²) in [5.74, 6) is 0.586. The Bertz CT molecular complexity index is 935. The highest BCUT2D eigenvalue weighted by molar-refractivity contribution is 5.94. The van der Waals surface area contributed by atoms with Crippen LogP contribution in [0.1, 0.15) is 33.3 Å². The number of carbonyl (C=O) groups is 1. The minimum absolute atomic E-state index is 0.137. The number of fused-ring (bicyclic) bond motifs is 1. The Balaban J connectivity index is 1.41. The summed E-state index contributed by atoms with van der Waals surface area (Å²) in [5.41, 5.74) is 3.89. The molecule has 0 unspecified atom stereocenters. The first kappa shape index (κ1) is 18.3. The summed E-state index contributed by atoms with van der Waals surface area (Å²) < 4.78 is 13.0. The van der Waals surface area contributed by atoms with Crippen LogP contribution in [0.2, 0.25) is 0 Å². The molecule has 0 saturated carbocycles. The third-order valence-corrected chi connectivity index (χ3v) is 4.85. The van der Waals surface area contributed by atoms with Crippen LogP contribution in [-0.2, 0) is 17.7 Å². The molecule has 0 bridgehead atoms. The maximum Gasteiger partial charge on any atom is 0.251 e. The van der Waals surface area contributed by atoms with Crippen LogP contribution in [0.5, 0.6) is 5.75 Å². The third kappa shape index (κ3) is 4.07. The molecule has 2 heterocycles. The molecule has 1 amide bonds. The van der Waals surface area contributed by atoms with Crippen LogP contribution in [0.25, 0.3) is 0 Å². The number of aromatic nitrogens is 2. The van der Waals surface area contributed by atoms with Gasteiger partial charge in [0.15, 0.2) is 0 Å². The van der Waals surface area contributed by atoms with Crippen molar-refractivity contribution in [3.63, 3.8) is 0 Å². The molecule has 144 valence electrons. The standard InChI is InChI=1S/C22H23N3O3/c1-27-19-9-7-17(8-10-19)22(26)23-13-20-21-18(11-12-28-20)15-25(24-21)14-16-5-3-2-4-6-16/h2-10,15,20H,11-14H2,1H3,(H,23,26)/t20-/m1/s1. The first-order valence-electron chi connectivity index (χ1n) is 9.37. The van der Waals surface area contributed by atoms with Gasteiger partial charge >= 0.3 is 0 Å². The first-order valence-corrected chi connectivity index (χ1v) is 9.37. The number of hydrogen-bond acceptors (Lipinski definition) is 4. The summed E-state index contributed by atoms with van der Waals surface area (Å²) in [6.07, 6.45) is 2.69. The van der Waals surface area contributed by atoms with Crippen LogP contribution in [-0.4, -0.2) is 35.9 Å². The van der Waals surface area contributed by atoms with Gasteiger partial charge in [0.1, 0.15) is 11.9 Å². The van der Waals surface area contributed by atoms with E-state index in [1.165, 1.54) is 11.1 Å². The largest absolute Gasteiger partial charge is 0.497 e. The number of rotatable bonds is 6. The van der Waals surface area contributed by atoms with Crippen molar-refractivity contribution in [2.24, 2.45) is 0 Å². The Labute approximate surface area is 164 Å². The van der Waals surface area contributed by atoms with Gasteiger partial charge in [-0.15, -0.1) is 0 Å². The fourth-order valence-electron chi connectivity index (χ4n) is 3.37. The van der Waals surface area contributed by atoms with Gasteiger partial charge in [-0.2, -0.15) is 5.10 Å². The molecule has 1 aliphatic rings. The lowest BCUT2D eigenvalue weighted by Gasteiger charge is -2.22. The lowest BCUT2D eigenvalue weighted by atomic mass is 10.1. The molecule has 1 aliphatic heterocycles. The Hall–Kier alpha value is -3.12. The van der Waals surface area contributed by atoms with Crippen molar-refractivity contribution in [1.82, 2.24) is 15.1 Å². The van der Waals surface area contributed by atoms with Crippen LogP contribution < -0.4 is 10.1 Å². The second-order valence-electron chi connectivity index (χ2n) is 6.77. The number of nitrogens with zero attached hydrogens (tertiary/aromatic N) is 2. The van der Waals surface area contributed by atoms with E-state index in [9.17, 15) is 4.79 Å². The Morgan fingerprint density at radius 1 is 1.21 bits per heavy atom. The van der Waals surface area contributed by atoms with E-state index >= 15 is 0 Å². The van der Waals surface area contributed by atoms with Gasteiger partial charge in [0, 0.05) is 18.3 Å². The normalized spacial score (nSPS) is 15.7. The molecule has 0 fully saturated rings. The topological polar surface area (TPSA) is 65.4 Å². The van der Waals surface area contributed by atoms with Gasteiger partial charge < -0.3 is 14.8 Å². The molecule has 0 radical (unpaired) electrons. The van der Waals surface area contributed by atoms with Crippen molar-refractivity contribution in [3.05, 3.63) is 83.2 Å². The van der Waals surface area contributed by atoms with E-state index in [2.05, 4.69) is 23.6 Å². The van der Waals surface area contributed by atoms with E-state index in [-0.39, 0.29) is 12.0 Å². The molecule has 1 aromatic heterocycles. The average molecular weight is 377 g/mol. The molecule has 0 aliphatic carbocycles. The number of methoxy groups -OCH3 is 1. The minimum atomic E-state index is -0.233. The van der Waals surface area contributed by atoms with Crippen LogP contribution in [0.3, 0.4) is 0 Å². The highest BCUT2D eigenvalue weighted by Gasteiger charge is 2.25. The van der Waals surface area contributed by atoms with E-state index < -0.39 is 0 Å². The summed E-state index contributed by atoms with van der Waals surface area (Å²) in [5, 5.41) is 7.68. The van der Waals surface area contributed by atoms with E-state index in [1.54, 1.807) is 31.4 Å². The Kier molecular flexibility index (Phi) is 5.39. The number of ether oxygens (including phenoxy) is 2. The molecular weight excluding hydrogens is 354 g/mol. The number of nitrogens with one attached hydrogen (secondary N) is 1. The van der Waals surface area contributed by atoms with Crippen molar-refractivity contribution in [2.75, 3.05) is 20.3 Å². The zero-order valence-electron chi connectivity index (χ0n) is 15.8. The van der Waals surface area contributed by atoms with Crippen LogP contribution >= 0.6 is 0 Å². The molecule has 0 saturated heterocycles. The summed E-state index contributed by atoms with van der Waals surface area (Å²) in [7, 11) is 1.60. The van der Waals surface area contributed by atoms with Gasteiger partial charge in [-0.3, -0.25) is 9.48 Å². The summed E-state index contributed by atoms with van der Waals surface area (Å²) >= 11 is 0. The van der Waals surface area contributed by atoms with Gasteiger partial charge in [-0.1, -0.05) is 30.3 Å². The molecule has 3 aromatic rings. The van der Waals surface area contributed by atoms with Crippen molar-refractivity contribution >= 4 is 5.91 Å². The van der Waals surface area contributed by atoms with Gasteiger partial charge in [0.05, 0.1) is 26.0 Å². The van der Waals surface area contributed by atoms with Crippen molar-refractivity contribution in [2.45, 2.75) is 19.1 Å². The van der Waals surface area contributed by atoms with E-state index in [0.717, 1.165) is 24.4 Å². The van der Waals surface area contributed by atoms with Crippen LogP contribution in [0.4, 0.5) is 0 Å². The second-order valence-corrected chi connectivity index (χ2v) is 6.77. The van der Waals surface area contributed by atoms with Crippen molar-refractivity contribution in [3.8, 4) is 5.75 Å². The molecule has 6 heteroatoms. The van der Waals surface area contributed by atoms with Crippen molar-refractivity contribution < 1.29 is 14.3 Å². The third-order valence-electron chi connectivity index (χ3n) is 4.85. The first-order chi connectivity index (χ1) is 13.7. The molecule has 1 N–H and O–H groups in total. The lowest BCUT2D eigenvalue weighted by Crippen LogP contribution is -2.31. The van der Waals surface area contributed by atoms with E-state index in [0.29, 0.717) is 18.7 Å². The average Bonchev–Trinajstić information content (AvgIpc) is 3.15. The molecule has 1 atom stereocenters. The summed E-state index contributed by atoms with van der Waals surface area (Å²) in [6.45, 7) is 1.74. The molecule has 4 rings (SSSR count). The van der Waals surface area contributed by atoms with Gasteiger partial charge in [-0.25, -0.2) is 0 Å². The van der Waals surface area contributed by atoms with Gasteiger partial charge in [-0.05, 0) is 41.8 Å². The quantitative estimate of drug-likeness (QED) is 0.717. The zero-order chi connectivity index (χ0) is 19.3. The molecular formula is C22H23N3O3. The minimum Gasteiger partial charge on any atom is -0.497 e. The highest BCUT2D eigenvalue weighted by Crippen LogP contribution is 2.25. The Morgan fingerprint density at radius 3 is 2.75 bits per heavy atom.